The number of aliphatic hydroxyl groups is 1. The first-order chi connectivity index (χ1) is 16.9. The average molecular weight is 480 g/mol. The van der Waals surface area contributed by atoms with E-state index in [0.29, 0.717) is 50.6 Å². The second kappa shape index (κ2) is 8.90. The Balaban J connectivity index is 1.70. The summed E-state index contributed by atoms with van der Waals surface area (Å²) < 4.78 is 19.0. The number of benzene rings is 2. The van der Waals surface area contributed by atoms with E-state index < -0.39 is 34.7 Å². The van der Waals surface area contributed by atoms with Crippen molar-refractivity contribution >= 4 is 29.0 Å². The normalized spacial score (nSPS) is 24.0. The van der Waals surface area contributed by atoms with E-state index in [1.54, 1.807) is 24.3 Å². The molecule has 0 aliphatic carbocycles. The SMILES string of the molecule is CCN1C(=O)C2(/C(=C(\O)c3ccc(F)cc3)C(=O)C(=O)N2CCN2CCOCC2)c2ccccc21. The van der Waals surface area contributed by atoms with Crippen molar-refractivity contribution in [2.75, 3.05) is 50.8 Å². The third-order valence-electron chi connectivity index (χ3n) is 6.99. The molecule has 1 N–H and O–H groups in total. The predicted molar refractivity (Wildman–Crippen MR) is 126 cm³/mol. The number of likely N-dealkylation sites (tertiary alicyclic amines) is 1. The summed E-state index contributed by atoms with van der Waals surface area (Å²) in [5, 5.41) is 11.3. The van der Waals surface area contributed by atoms with Crippen LogP contribution in [0.3, 0.4) is 0 Å². The number of Topliss-reactive ketones (excluding diaryl/α,β-unsaturated/α-hetero) is 1. The van der Waals surface area contributed by atoms with Crippen molar-refractivity contribution in [1.29, 1.82) is 0 Å². The van der Waals surface area contributed by atoms with Crippen molar-refractivity contribution in [3.63, 3.8) is 0 Å². The fourth-order valence-corrected chi connectivity index (χ4v) is 5.30. The van der Waals surface area contributed by atoms with Gasteiger partial charge in [-0.15, -0.1) is 0 Å². The molecule has 3 aliphatic rings. The van der Waals surface area contributed by atoms with Crippen molar-refractivity contribution < 1.29 is 28.6 Å². The number of fused-ring (bicyclic) bond motifs is 2. The quantitative estimate of drug-likeness (QED) is 0.401. The number of rotatable bonds is 5. The summed E-state index contributed by atoms with van der Waals surface area (Å²) in [7, 11) is 0. The third-order valence-corrected chi connectivity index (χ3v) is 6.99. The molecule has 0 saturated carbocycles. The van der Waals surface area contributed by atoms with Gasteiger partial charge in [0.15, 0.2) is 5.54 Å². The highest BCUT2D eigenvalue weighted by molar-refractivity contribution is 6.50. The Bertz CT molecular complexity index is 1220. The molecular weight excluding hydrogens is 453 g/mol. The lowest BCUT2D eigenvalue weighted by molar-refractivity contribution is -0.144. The first kappa shape index (κ1) is 23.2. The number of amides is 2. The van der Waals surface area contributed by atoms with Crippen LogP contribution >= 0.6 is 0 Å². The van der Waals surface area contributed by atoms with Crippen LogP contribution in [-0.2, 0) is 24.7 Å². The van der Waals surface area contributed by atoms with E-state index in [1.165, 1.54) is 21.9 Å². The zero-order valence-electron chi connectivity index (χ0n) is 19.4. The summed E-state index contributed by atoms with van der Waals surface area (Å²) in [5.74, 6) is -3.26. The minimum atomic E-state index is -1.80. The number of carbonyl (C=O) groups is 3. The molecule has 1 atom stereocenters. The van der Waals surface area contributed by atoms with Gasteiger partial charge in [-0.2, -0.15) is 0 Å². The van der Waals surface area contributed by atoms with Gasteiger partial charge < -0.3 is 19.6 Å². The molecule has 2 aromatic rings. The number of hydrogen-bond acceptors (Lipinski definition) is 6. The topological polar surface area (TPSA) is 90.4 Å². The number of anilines is 1. The van der Waals surface area contributed by atoms with Crippen LogP contribution in [0.4, 0.5) is 10.1 Å². The minimum absolute atomic E-state index is 0.113. The van der Waals surface area contributed by atoms with Gasteiger partial charge in [0.05, 0.1) is 24.5 Å². The molecule has 35 heavy (non-hydrogen) atoms. The third kappa shape index (κ3) is 3.45. The van der Waals surface area contributed by atoms with Gasteiger partial charge in [0, 0.05) is 43.9 Å². The maximum absolute atomic E-state index is 14.1. The lowest BCUT2D eigenvalue weighted by atomic mass is 9.82. The highest BCUT2D eigenvalue weighted by Crippen LogP contribution is 2.53. The standard InChI is InChI=1S/C26H26FN3O5/c1-2-29-20-6-4-3-5-19(20)26(25(29)34)21(22(31)17-7-9-18(27)10-8-17)23(32)24(33)30(26)12-11-28-13-15-35-16-14-28/h3-10,31H,2,11-16H2,1H3/b22-21-. The molecule has 1 spiro atoms. The monoisotopic (exact) mass is 479 g/mol. The van der Waals surface area contributed by atoms with E-state index in [-0.39, 0.29) is 17.7 Å². The number of nitrogens with zero attached hydrogens (tertiary/aromatic N) is 3. The van der Waals surface area contributed by atoms with Gasteiger partial charge in [-0.25, -0.2) is 4.39 Å². The number of hydrogen-bond donors (Lipinski definition) is 1. The van der Waals surface area contributed by atoms with Gasteiger partial charge in [0.25, 0.3) is 17.6 Å². The van der Waals surface area contributed by atoms with E-state index >= 15 is 0 Å². The maximum atomic E-state index is 14.1. The van der Waals surface area contributed by atoms with Crippen molar-refractivity contribution in [1.82, 2.24) is 9.80 Å². The van der Waals surface area contributed by atoms with Crippen molar-refractivity contribution in [2.45, 2.75) is 12.5 Å². The summed E-state index contributed by atoms with van der Waals surface area (Å²) in [6.45, 7) is 5.18. The largest absolute Gasteiger partial charge is 0.507 e. The fourth-order valence-electron chi connectivity index (χ4n) is 5.30. The average Bonchev–Trinajstić information content (AvgIpc) is 3.26. The zero-order chi connectivity index (χ0) is 24.7. The van der Waals surface area contributed by atoms with Gasteiger partial charge in [0.1, 0.15) is 11.6 Å². The van der Waals surface area contributed by atoms with E-state index in [2.05, 4.69) is 4.90 Å². The molecule has 3 aliphatic heterocycles. The number of likely N-dealkylation sites (N-methyl/N-ethyl adjacent to an activating group) is 1. The number of para-hydroxylation sites is 1. The maximum Gasteiger partial charge on any atom is 0.296 e. The van der Waals surface area contributed by atoms with E-state index in [0.717, 1.165) is 12.1 Å². The molecule has 182 valence electrons. The van der Waals surface area contributed by atoms with Gasteiger partial charge in [-0.05, 0) is 37.3 Å². The summed E-state index contributed by atoms with van der Waals surface area (Å²) in [6, 6.07) is 12.0. The smallest absolute Gasteiger partial charge is 0.296 e. The zero-order valence-corrected chi connectivity index (χ0v) is 19.4. The molecule has 3 heterocycles. The highest BCUT2D eigenvalue weighted by Gasteiger charge is 2.66. The van der Waals surface area contributed by atoms with Crippen LogP contribution in [0.15, 0.2) is 54.1 Å². The molecule has 0 radical (unpaired) electrons. The van der Waals surface area contributed by atoms with Gasteiger partial charge >= 0.3 is 0 Å². The second-order valence-corrected chi connectivity index (χ2v) is 8.75. The Labute approximate surface area is 202 Å². The first-order valence-electron chi connectivity index (χ1n) is 11.7. The van der Waals surface area contributed by atoms with Gasteiger partial charge in [0.2, 0.25) is 0 Å². The Morgan fingerprint density at radius 1 is 1.03 bits per heavy atom. The van der Waals surface area contributed by atoms with Crippen LogP contribution in [0.25, 0.3) is 5.76 Å². The number of ether oxygens (including phenoxy) is 1. The number of halogens is 1. The van der Waals surface area contributed by atoms with Crippen molar-refractivity contribution in [3.05, 3.63) is 71.0 Å². The second-order valence-electron chi connectivity index (χ2n) is 8.75. The van der Waals surface area contributed by atoms with Crippen LogP contribution in [-0.4, -0.2) is 78.4 Å². The summed E-state index contributed by atoms with van der Waals surface area (Å²) in [6.07, 6.45) is 0. The molecule has 5 rings (SSSR count). The van der Waals surface area contributed by atoms with Crippen LogP contribution in [0, 0.1) is 5.82 Å². The molecule has 2 saturated heterocycles. The molecule has 0 bridgehead atoms. The molecule has 9 heteroatoms. The molecule has 2 aromatic carbocycles. The summed E-state index contributed by atoms with van der Waals surface area (Å²) in [4.78, 5) is 46.0. The number of aliphatic hydroxyl groups excluding tert-OH is 1. The van der Waals surface area contributed by atoms with Gasteiger partial charge in [-0.3, -0.25) is 19.3 Å². The Kier molecular flexibility index (Phi) is 5.90. The first-order valence-corrected chi connectivity index (χ1v) is 11.7. The summed E-state index contributed by atoms with van der Waals surface area (Å²) >= 11 is 0. The van der Waals surface area contributed by atoms with Crippen LogP contribution < -0.4 is 4.90 Å². The summed E-state index contributed by atoms with van der Waals surface area (Å²) in [5.41, 5.74) is -0.882. The molecular formula is C26H26FN3O5. The minimum Gasteiger partial charge on any atom is -0.507 e. The van der Waals surface area contributed by atoms with E-state index in [4.69, 9.17) is 4.74 Å². The Hall–Kier alpha value is -3.56. The van der Waals surface area contributed by atoms with Crippen LogP contribution in [0.5, 0.6) is 0 Å². The Morgan fingerprint density at radius 3 is 2.40 bits per heavy atom. The lowest BCUT2D eigenvalue weighted by Crippen LogP contribution is -2.54. The molecule has 2 amide bonds. The number of ketones is 1. The lowest BCUT2D eigenvalue weighted by Gasteiger charge is -2.36. The molecule has 0 aromatic heterocycles. The molecule has 1 unspecified atom stereocenters. The number of carbonyl (C=O) groups excluding carboxylic acids is 3. The van der Waals surface area contributed by atoms with Crippen molar-refractivity contribution in [2.24, 2.45) is 0 Å². The van der Waals surface area contributed by atoms with E-state index in [1.807, 2.05) is 6.92 Å². The van der Waals surface area contributed by atoms with Crippen LogP contribution in [0.1, 0.15) is 18.1 Å². The predicted octanol–water partition coefficient (Wildman–Crippen LogP) is 2.10. The van der Waals surface area contributed by atoms with Gasteiger partial charge in [-0.1, -0.05) is 18.2 Å². The fraction of sp³-hybridized carbons (Fsp3) is 0.346. The van der Waals surface area contributed by atoms with Crippen LogP contribution in [0.2, 0.25) is 0 Å². The van der Waals surface area contributed by atoms with E-state index in [9.17, 15) is 23.9 Å². The highest BCUT2D eigenvalue weighted by atomic mass is 19.1. The Morgan fingerprint density at radius 2 is 1.71 bits per heavy atom. The molecule has 2 fully saturated rings. The van der Waals surface area contributed by atoms with Crippen molar-refractivity contribution in [3.8, 4) is 0 Å². The number of morpholine rings is 1. The molecule has 8 nitrogen and oxygen atoms in total.